The van der Waals surface area contributed by atoms with E-state index in [4.69, 9.17) is 11.6 Å². The molecule has 0 aliphatic carbocycles. The molecule has 1 aliphatic rings. The van der Waals surface area contributed by atoms with E-state index in [0.29, 0.717) is 0 Å². The molecule has 0 N–H and O–H groups in total. The van der Waals surface area contributed by atoms with Crippen LogP contribution in [-0.2, 0) is 0 Å². The van der Waals surface area contributed by atoms with Crippen molar-refractivity contribution in [2.45, 2.75) is 19.3 Å². The molecule has 1 rings (SSSR count). The number of allylic oxidation sites excluding steroid dienone is 2. The van der Waals surface area contributed by atoms with Crippen LogP contribution < -0.4 is 0 Å². The van der Waals surface area contributed by atoms with E-state index in [1.54, 1.807) is 0 Å². The van der Waals surface area contributed by atoms with Gasteiger partial charge in [-0.05, 0) is 25.5 Å². The van der Waals surface area contributed by atoms with Crippen LogP contribution in [-0.4, -0.2) is 11.2 Å². The first-order chi connectivity index (χ1) is 4.70. The summed E-state index contributed by atoms with van der Waals surface area (Å²) in [6.07, 6.45) is 1.83. The van der Waals surface area contributed by atoms with Crippen molar-refractivity contribution in [2.24, 2.45) is 4.99 Å². The Morgan fingerprint density at radius 1 is 1.60 bits per heavy atom. The van der Waals surface area contributed by atoms with E-state index < -0.39 is 0 Å². The van der Waals surface area contributed by atoms with Gasteiger partial charge in [-0.25, -0.2) is 0 Å². The summed E-state index contributed by atoms with van der Waals surface area (Å²) in [5, 5.41) is 0. The van der Waals surface area contributed by atoms with Crippen molar-refractivity contribution in [2.75, 3.05) is 0 Å². The molecule has 0 aromatic rings. The molecule has 2 heteroatoms. The van der Waals surface area contributed by atoms with Crippen molar-refractivity contribution >= 4 is 17.3 Å². The van der Waals surface area contributed by atoms with Gasteiger partial charge in [0, 0.05) is 5.71 Å². The van der Waals surface area contributed by atoms with E-state index in [1.165, 1.54) is 0 Å². The minimum absolute atomic E-state index is 0.367. The third-order valence-corrected chi connectivity index (χ3v) is 1.58. The molecule has 1 aliphatic heterocycles. The summed E-state index contributed by atoms with van der Waals surface area (Å²) in [6, 6.07) is 0. The summed E-state index contributed by atoms with van der Waals surface area (Å²) in [4.78, 5) is 4.10. The van der Waals surface area contributed by atoms with Gasteiger partial charge >= 0.3 is 0 Å². The lowest BCUT2D eigenvalue weighted by molar-refractivity contribution is 1.18. The second-order valence-electron chi connectivity index (χ2n) is 2.17. The largest absolute Gasteiger partial charge is 0.257 e. The molecule has 0 saturated heterocycles. The molecular weight excluding hydrogens is 146 g/mol. The zero-order chi connectivity index (χ0) is 7.56. The normalized spacial score (nSPS) is 23.7. The van der Waals surface area contributed by atoms with Crippen LogP contribution >= 0.6 is 11.6 Å². The van der Waals surface area contributed by atoms with Crippen LogP contribution in [0.25, 0.3) is 0 Å². The van der Waals surface area contributed by atoms with E-state index in [-0.39, 0.29) is 5.50 Å². The van der Waals surface area contributed by atoms with E-state index in [0.717, 1.165) is 11.3 Å². The zero-order valence-electron chi connectivity index (χ0n) is 5.98. The first kappa shape index (κ1) is 7.37. The lowest BCUT2D eigenvalue weighted by Crippen LogP contribution is -1.96. The number of hydrogen-bond acceptors (Lipinski definition) is 1. The Bertz CT molecular complexity index is 252. The van der Waals surface area contributed by atoms with Gasteiger partial charge in [0.25, 0.3) is 0 Å². The van der Waals surface area contributed by atoms with E-state index >= 15 is 0 Å². The average molecular weight is 154 g/mol. The van der Waals surface area contributed by atoms with Gasteiger partial charge in [0.15, 0.2) is 5.50 Å². The predicted molar refractivity (Wildman–Crippen MR) is 44.3 cm³/mol. The summed E-state index contributed by atoms with van der Waals surface area (Å²) >= 11 is 5.69. The highest BCUT2D eigenvalue weighted by Crippen LogP contribution is 2.05. The molecule has 0 radical (unpaired) electrons. The van der Waals surface area contributed by atoms with Crippen LogP contribution in [0.1, 0.15) is 13.8 Å². The maximum Gasteiger partial charge on any atom is 0.184 e. The lowest BCUT2D eigenvalue weighted by atomic mass is 10.2. The number of nitrogens with zero attached hydrogens (tertiary/aromatic N) is 1. The van der Waals surface area contributed by atoms with Gasteiger partial charge in [-0.1, -0.05) is 23.4 Å². The first-order valence-corrected chi connectivity index (χ1v) is 3.50. The van der Waals surface area contributed by atoms with Crippen molar-refractivity contribution in [3.8, 4) is 11.8 Å². The van der Waals surface area contributed by atoms with Gasteiger partial charge in [-0.2, -0.15) is 0 Å². The molecule has 0 spiro atoms. The zero-order valence-corrected chi connectivity index (χ0v) is 6.74. The monoisotopic (exact) mass is 153 g/mol. The number of hydrogen-bond donors (Lipinski definition) is 0. The van der Waals surface area contributed by atoms with Crippen molar-refractivity contribution in [3.05, 3.63) is 11.6 Å². The molecule has 10 heavy (non-hydrogen) atoms. The van der Waals surface area contributed by atoms with Crippen molar-refractivity contribution < 1.29 is 0 Å². The Morgan fingerprint density at radius 3 is 3.00 bits per heavy atom. The molecule has 0 fully saturated rings. The van der Waals surface area contributed by atoms with Crippen LogP contribution in [0.2, 0.25) is 0 Å². The quantitative estimate of drug-likeness (QED) is 0.287. The van der Waals surface area contributed by atoms with Gasteiger partial charge in [0.2, 0.25) is 0 Å². The maximum absolute atomic E-state index is 5.69. The number of aliphatic imine (C=N–C) groups is 1. The lowest BCUT2D eigenvalue weighted by Gasteiger charge is -1.96. The summed E-state index contributed by atoms with van der Waals surface area (Å²) < 4.78 is 0. The van der Waals surface area contributed by atoms with Gasteiger partial charge in [-0.3, -0.25) is 4.99 Å². The van der Waals surface area contributed by atoms with Crippen LogP contribution in [0, 0.1) is 11.8 Å². The highest BCUT2D eigenvalue weighted by atomic mass is 35.5. The Labute approximate surface area is 65.8 Å². The second kappa shape index (κ2) is 2.90. The van der Waals surface area contributed by atoms with Crippen LogP contribution in [0.3, 0.4) is 0 Å². The Morgan fingerprint density at radius 2 is 2.30 bits per heavy atom. The molecule has 1 heterocycles. The maximum atomic E-state index is 5.69. The Hall–Kier alpha value is -0.740. The Kier molecular flexibility index (Phi) is 2.13. The third kappa shape index (κ3) is 1.62. The standard InChI is InChI=1S/C8H8ClN/c1-6-4-3-5-8(9)10-7(6)2/h4,8H,1-2H3/t8-/m1/s1. The molecule has 0 unspecified atom stereocenters. The van der Waals surface area contributed by atoms with Crippen molar-refractivity contribution in [3.63, 3.8) is 0 Å². The van der Waals surface area contributed by atoms with Gasteiger partial charge in [0.1, 0.15) is 0 Å². The van der Waals surface area contributed by atoms with E-state index in [9.17, 15) is 0 Å². The summed E-state index contributed by atoms with van der Waals surface area (Å²) in [5.74, 6) is 5.58. The fourth-order valence-corrected chi connectivity index (χ4v) is 0.837. The number of rotatable bonds is 0. The molecule has 1 atom stereocenters. The third-order valence-electron chi connectivity index (χ3n) is 1.37. The molecule has 1 nitrogen and oxygen atoms in total. The van der Waals surface area contributed by atoms with Crippen LogP contribution in [0.5, 0.6) is 0 Å². The Balaban J connectivity index is 2.95. The molecule has 0 bridgehead atoms. The molecular formula is C8H8ClN. The fraction of sp³-hybridized carbons (Fsp3) is 0.375. The van der Waals surface area contributed by atoms with Gasteiger partial charge < -0.3 is 0 Å². The topological polar surface area (TPSA) is 12.4 Å². The van der Waals surface area contributed by atoms with E-state index in [2.05, 4.69) is 16.8 Å². The number of alkyl halides is 1. The summed E-state index contributed by atoms with van der Waals surface area (Å²) in [5.41, 5.74) is 1.68. The minimum Gasteiger partial charge on any atom is -0.257 e. The molecule has 0 saturated carbocycles. The summed E-state index contributed by atoms with van der Waals surface area (Å²) in [7, 11) is 0. The smallest absolute Gasteiger partial charge is 0.184 e. The second-order valence-corrected chi connectivity index (χ2v) is 2.58. The predicted octanol–water partition coefficient (Wildman–Crippen LogP) is 1.98. The molecule has 0 aromatic carbocycles. The van der Waals surface area contributed by atoms with Crippen LogP contribution in [0.15, 0.2) is 16.6 Å². The van der Waals surface area contributed by atoms with Crippen molar-refractivity contribution in [1.82, 2.24) is 0 Å². The number of halogens is 1. The highest BCUT2D eigenvalue weighted by molar-refractivity contribution is 6.23. The molecule has 52 valence electrons. The fourth-order valence-electron chi connectivity index (χ4n) is 0.627. The molecule has 0 aromatic heterocycles. The van der Waals surface area contributed by atoms with E-state index in [1.807, 2.05) is 19.9 Å². The summed E-state index contributed by atoms with van der Waals surface area (Å²) in [6.45, 7) is 3.90. The first-order valence-electron chi connectivity index (χ1n) is 3.07. The molecule has 0 amide bonds. The SMILES string of the molecule is CC1=CC#C[C@H](Cl)N=C1C. The van der Waals surface area contributed by atoms with Crippen molar-refractivity contribution in [1.29, 1.82) is 0 Å². The van der Waals surface area contributed by atoms with Gasteiger partial charge in [0.05, 0.1) is 0 Å². The highest BCUT2D eigenvalue weighted by Gasteiger charge is 2.00. The minimum atomic E-state index is -0.367. The average Bonchev–Trinajstić information content (AvgIpc) is 1.96. The van der Waals surface area contributed by atoms with Gasteiger partial charge in [-0.15, -0.1) is 0 Å². The van der Waals surface area contributed by atoms with Crippen LogP contribution in [0.4, 0.5) is 0 Å².